The highest BCUT2D eigenvalue weighted by Crippen LogP contribution is 2.48. The molecule has 4 aliphatic rings. The Morgan fingerprint density at radius 1 is 1.25 bits per heavy atom. The smallest absolute Gasteiger partial charge is 0.335 e. The Labute approximate surface area is 186 Å². The van der Waals surface area contributed by atoms with Crippen LogP contribution in [0.3, 0.4) is 0 Å². The van der Waals surface area contributed by atoms with Crippen LogP contribution in [-0.4, -0.2) is 80.9 Å². The third kappa shape index (κ3) is 3.26. The first-order valence-corrected chi connectivity index (χ1v) is 11.2. The van der Waals surface area contributed by atoms with Crippen molar-refractivity contribution < 1.29 is 19.5 Å². The molecule has 3 aliphatic heterocycles. The van der Waals surface area contributed by atoms with Crippen LogP contribution in [0.4, 0.5) is 0 Å². The highest BCUT2D eigenvalue weighted by atomic mass is 16.4. The average molecular weight is 438 g/mol. The molecule has 0 aromatic heterocycles. The third-order valence-electron chi connectivity index (χ3n) is 7.63. The van der Waals surface area contributed by atoms with Crippen molar-refractivity contribution in [3.63, 3.8) is 0 Å². The average Bonchev–Trinajstić information content (AvgIpc) is 3.11. The number of carboxylic acid groups (broad SMARTS) is 1. The number of nitrogens with zero attached hydrogens (tertiary/aromatic N) is 4. The van der Waals surface area contributed by atoms with E-state index in [9.17, 15) is 19.6 Å². The van der Waals surface area contributed by atoms with E-state index in [1.807, 2.05) is 16.7 Å². The zero-order valence-electron chi connectivity index (χ0n) is 17.9. The summed E-state index contributed by atoms with van der Waals surface area (Å²) in [5.41, 5.74) is 7.37. The van der Waals surface area contributed by atoms with Crippen LogP contribution in [0.25, 0.3) is 0 Å². The number of benzene rings is 1. The molecular formula is C23H27N5O4. The van der Waals surface area contributed by atoms with E-state index < -0.39 is 12.0 Å². The Hall–Kier alpha value is -2.96. The van der Waals surface area contributed by atoms with Gasteiger partial charge in [0.15, 0.2) is 0 Å². The van der Waals surface area contributed by atoms with E-state index in [1.165, 1.54) is 0 Å². The second-order valence-electron chi connectivity index (χ2n) is 9.50. The Morgan fingerprint density at radius 2 is 1.97 bits per heavy atom. The molecule has 9 heteroatoms. The van der Waals surface area contributed by atoms with Gasteiger partial charge in [-0.15, -0.1) is 0 Å². The Morgan fingerprint density at radius 3 is 2.59 bits per heavy atom. The third-order valence-corrected chi connectivity index (χ3v) is 7.63. The number of fused-ring (bicyclic) bond motifs is 3. The number of aromatic carboxylic acids is 1. The van der Waals surface area contributed by atoms with Crippen LogP contribution in [0.15, 0.2) is 24.3 Å². The zero-order chi connectivity index (χ0) is 22.7. The summed E-state index contributed by atoms with van der Waals surface area (Å²) in [6, 6.07) is 7.48. The van der Waals surface area contributed by atoms with Gasteiger partial charge in [-0.05, 0) is 49.8 Å². The number of hydrogen-bond donors (Lipinski definition) is 2. The Bertz CT molecular complexity index is 1000. The quantitative estimate of drug-likeness (QED) is 0.665. The number of rotatable bonds is 6. The van der Waals surface area contributed by atoms with Gasteiger partial charge >= 0.3 is 5.97 Å². The molecule has 2 amide bonds. The van der Waals surface area contributed by atoms with Crippen molar-refractivity contribution in [3.05, 3.63) is 35.4 Å². The molecule has 2 bridgehead atoms. The van der Waals surface area contributed by atoms with Crippen molar-refractivity contribution in [1.82, 2.24) is 14.7 Å². The van der Waals surface area contributed by atoms with Gasteiger partial charge in [0.1, 0.15) is 6.04 Å². The first-order valence-electron chi connectivity index (χ1n) is 11.2. The lowest BCUT2D eigenvalue weighted by atomic mass is 10.0. The van der Waals surface area contributed by atoms with Crippen molar-refractivity contribution in [3.8, 4) is 6.07 Å². The first kappa shape index (κ1) is 20.9. The monoisotopic (exact) mass is 437 g/mol. The fourth-order valence-corrected chi connectivity index (χ4v) is 5.87. The van der Waals surface area contributed by atoms with Crippen LogP contribution >= 0.6 is 0 Å². The van der Waals surface area contributed by atoms with E-state index in [0.29, 0.717) is 25.4 Å². The summed E-state index contributed by atoms with van der Waals surface area (Å²) in [7, 11) is 0. The molecule has 1 aliphatic carbocycles. The van der Waals surface area contributed by atoms with E-state index in [2.05, 4.69) is 6.07 Å². The van der Waals surface area contributed by atoms with Crippen LogP contribution in [-0.2, 0) is 9.59 Å². The number of amides is 2. The molecule has 3 saturated heterocycles. The molecule has 3 heterocycles. The predicted octanol–water partition coefficient (Wildman–Crippen LogP) is 0.571. The highest BCUT2D eigenvalue weighted by Gasteiger charge is 2.56. The number of nitrogens with two attached hydrogens (primary N) is 1. The summed E-state index contributed by atoms with van der Waals surface area (Å²) < 4.78 is 0. The Kier molecular flexibility index (Phi) is 4.95. The van der Waals surface area contributed by atoms with Gasteiger partial charge in [0.05, 0.1) is 29.8 Å². The zero-order valence-corrected chi connectivity index (χ0v) is 17.9. The van der Waals surface area contributed by atoms with Gasteiger partial charge in [-0.1, -0.05) is 12.1 Å². The topological polar surface area (TPSA) is 131 Å². The standard InChI is InChI=1S/C23H27N5O4/c1-12(13-2-4-14(5-3-13)23(31)32)27-17-8-20(22(27)30)26(10-17)11-18(25)21(29)28-16(9-24)6-15-7-19(15)28/h2-5,12,15-20H,6-8,10-11,25H2,1H3,(H,31,32)/t12-,15+,16-,17?,18-,19-,20-/m0/s1. The van der Waals surface area contributed by atoms with Crippen LogP contribution in [0, 0.1) is 17.2 Å². The molecule has 9 nitrogen and oxygen atoms in total. The molecule has 7 atom stereocenters. The molecule has 3 N–H and O–H groups in total. The lowest BCUT2D eigenvalue weighted by Crippen LogP contribution is -2.57. The maximum atomic E-state index is 13.1. The van der Waals surface area contributed by atoms with Gasteiger partial charge in [-0.2, -0.15) is 5.26 Å². The fraction of sp³-hybridized carbons (Fsp3) is 0.565. The molecular weight excluding hydrogens is 410 g/mol. The van der Waals surface area contributed by atoms with Crippen LogP contribution in [0.2, 0.25) is 0 Å². The predicted molar refractivity (Wildman–Crippen MR) is 113 cm³/mol. The minimum absolute atomic E-state index is 0.0223. The van der Waals surface area contributed by atoms with E-state index in [0.717, 1.165) is 18.4 Å². The summed E-state index contributed by atoms with van der Waals surface area (Å²) in [5, 5.41) is 18.4. The molecule has 1 aromatic carbocycles. The number of piperazine rings is 1. The molecule has 4 fully saturated rings. The van der Waals surface area contributed by atoms with E-state index in [4.69, 9.17) is 10.8 Å². The number of hydrogen-bond acceptors (Lipinski definition) is 6. The van der Waals surface area contributed by atoms with Crippen LogP contribution in [0.1, 0.15) is 48.1 Å². The van der Waals surface area contributed by atoms with Gasteiger partial charge in [-0.25, -0.2) is 4.79 Å². The Balaban J connectivity index is 1.22. The summed E-state index contributed by atoms with van der Waals surface area (Å²) in [6.07, 6.45) is 2.41. The maximum Gasteiger partial charge on any atom is 0.335 e. The molecule has 0 spiro atoms. The molecule has 1 saturated carbocycles. The number of nitriles is 1. The van der Waals surface area contributed by atoms with Gasteiger partial charge in [-0.3, -0.25) is 14.5 Å². The maximum absolute atomic E-state index is 13.1. The number of carbonyl (C=O) groups excluding carboxylic acids is 2. The van der Waals surface area contributed by atoms with Gasteiger partial charge in [0.25, 0.3) is 0 Å². The summed E-state index contributed by atoms with van der Waals surface area (Å²) >= 11 is 0. The molecule has 32 heavy (non-hydrogen) atoms. The van der Waals surface area contributed by atoms with Crippen molar-refractivity contribution in [2.75, 3.05) is 13.1 Å². The van der Waals surface area contributed by atoms with Crippen LogP contribution in [0.5, 0.6) is 0 Å². The lowest BCUT2D eigenvalue weighted by molar-refractivity contribution is -0.141. The van der Waals surface area contributed by atoms with Crippen molar-refractivity contribution in [2.45, 2.75) is 62.4 Å². The second-order valence-corrected chi connectivity index (χ2v) is 9.50. The largest absolute Gasteiger partial charge is 0.478 e. The van der Waals surface area contributed by atoms with Gasteiger partial charge in [0.2, 0.25) is 11.8 Å². The highest BCUT2D eigenvalue weighted by molar-refractivity contribution is 5.88. The van der Waals surface area contributed by atoms with Crippen molar-refractivity contribution in [1.29, 1.82) is 5.26 Å². The number of carbonyl (C=O) groups is 3. The van der Waals surface area contributed by atoms with Crippen molar-refractivity contribution >= 4 is 17.8 Å². The van der Waals surface area contributed by atoms with Crippen molar-refractivity contribution in [2.24, 2.45) is 11.7 Å². The normalized spacial score (nSPS) is 32.5. The minimum Gasteiger partial charge on any atom is -0.478 e. The minimum atomic E-state index is -0.978. The second kappa shape index (κ2) is 7.57. The molecule has 1 unspecified atom stereocenters. The van der Waals surface area contributed by atoms with Crippen LogP contribution < -0.4 is 5.73 Å². The fourth-order valence-electron chi connectivity index (χ4n) is 5.87. The SMILES string of the molecule is C[C@@H](c1ccc(C(=O)O)cc1)N1C(=O)[C@@H]2CC1CN2C[C@H](N)C(=O)N1[C@H](C#N)C[C@@H]2C[C@@H]21. The first-order chi connectivity index (χ1) is 15.3. The number of likely N-dealkylation sites (tertiary alicyclic amines) is 3. The molecule has 0 radical (unpaired) electrons. The summed E-state index contributed by atoms with van der Waals surface area (Å²) in [4.78, 5) is 42.7. The van der Waals surface area contributed by atoms with Gasteiger partial charge in [0, 0.05) is 25.2 Å². The van der Waals surface area contributed by atoms with E-state index in [1.54, 1.807) is 29.2 Å². The number of carboxylic acids is 1. The van der Waals surface area contributed by atoms with Gasteiger partial charge < -0.3 is 20.6 Å². The number of piperidine rings is 1. The molecule has 5 rings (SSSR count). The lowest BCUT2D eigenvalue weighted by Gasteiger charge is -2.38. The summed E-state index contributed by atoms with van der Waals surface area (Å²) in [5.74, 6) is -0.691. The molecule has 1 aromatic rings. The molecule has 168 valence electrons. The summed E-state index contributed by atoms with van der Waals surface area (Å²) in [6.45, 7) is 2.92. The van der Waals surface area contributed by atoms with E-state index in [-0.39, 0.29) is 47.6 Å². The van der Waals surface area contributed by atoms with E-state index >= 15 is 0 Å².